The molecule has 0 spiro atoms. The van der Waals surface area contributed by atoms with Crippen LogP contribution in [0.1, 0.15) is 4.44 Å². The number of hydrogen-bond acceptors (Lipinski definition) is 5. The fourth-order valence-corrected chi connectivity index (χ4v) is 6.88. The minimum atomic E-state index is -0.358. The van der Waals surface area contributed by atoms with Gasteiger partial charge in [-0.25, -0.2) is 0 Å². The van der Waals surface area contributed by atoms with Crippen LogP contribution in [0.3, 0.4) is 0 Å². The first-order valence-corrected chi connectivity index (χ1v) is 12.5. The normalized spacial score (nSPS) is 15.9. The van der Waals surface area contributed by atoms with Crippen LogP contribution in [-0.2, 0) is 9.59 Å². The number of hydrogen-bond donors (Lipinski definition) is 0. The van der Waals surface area contributed by atoms with Gasteiger partial charge in [-0.15, -0.1) is 0 Å². The Balaban J connectivity index is 1.57. The number of carbonyl (C=O) groups is 2. The molecule has 3 aromatic rings. The molecular formula is C23H17N3O2S2Se. The van der Waals surface area contributed by atoms with E-state index in [9.17, 15) is 9.59 Å². The number of para-hydroxylation sites is 2. The van der Waals surface area contributed by atoms with Gasteiger partial charge in [0, 0.05) is 0 Å². The first-order valence-electron chi connectivity index (χ1n) is 9.53. The van der Waals surface area contributed by atoms with Crippen molar-refractivity contribution in [1.29, 1.82) is 0 Å². The van der Waals surface area contributed by atoms with Crippen LogP contribution in [-0.4, -0.2) is 55.3 Å². The number of rotatable bonds is 2. The summed E-state index contributed by atoms with van der Waals surface area (Å²) in [5, 5.41) is 0.218. The Hall–Kier alpha value is -2.64. The van der Waals surface area contributed by atoms with E-state index in [1.165, 1.54) is 19.6 Å². The Bertz CT molecular complexity index is 1210. The van der Waals surface area contributed by atoms with Gasteiger partial charge in [0.15, 0.2) is 0 Å². The predicted octanol–water partition coefficient (Wildman–Crippen LogP) is 4.28. The van der Waals surface area contributed by atoms with Gasteiger partial charge < -0.3 is 0 Å². The van der Waals surface area contributed by atoms with Crippen molar-refractivity contribution in [1.82, 2.24) is 9.80 Å². The molecule has 0 bridgehead atoms. The second-order valence-corrected chi connectivity index (χ2v) is 10.9. The molecule has 0 N–H and O–H groups in total. The van der Waals surface area contributed by atoms with Crippen LogP contribution in [0.15, 0.2) is 76.0 Å². The van der Waals surface area contributed by atoms with Crippen LogP contribution in [0.4, 0.5) is 15.9 Å². The van der Waals surface area contributed by atoms with E-state index in [4.69, 9.17) is 12.2 Å². The summed E-state index contributed by atoms with van der Waals surface area (Å²) in [7, 11) is 3.19. The maximum atomic E-state index is 12.7. The maximum absolute atomic E-state index is 12.7. The molecule has 1 aromatic heterocycles. The summed E-state index contributed by atoms with van der Waals surface area (Å²) in [6.07, 6.45) is 1.72. The number of benzene rings is 2. The molecule has 5 nitrogen and oxygen atoms in total. The van der Waals surface area contributed by atoms with E-state index in [1.54, 1.807) is 31.9 Å². The minimum absolute atomic E-state index is 0.0646. The van der Waals surface area contributed by atoms with Gasteiger partial charge in [-0.2, -0.15) is 0 Å². The van der Waals surface area contributed by atoms with Crippen LogP contribution in [0.5, 0.6) is 0 Å². The van der Waals surface area contributed by atoms with Crippen molar-refractivity contribution >= 4 is 77.4 Å². The first-order chi connectivity index (χ1) is 15.0. The third kappa shape index (κ3) is 3.36. The summed E-state index contributed by atoms with van der Waals surface area (Å²) >= 11 is 6.88. The average molecular weight is 511 g/mol. The molecule has 2 aromatic carbocycles. The molecule has 0 aliphatic carbocycles. The summed E-state index contributed by atoms with van der Waals surface area (Å²) in [5.41, 5.74) is 2.45. The molecule has 154 valence electrons. The standard InChI is InChI=1S/C23H17N3O2S2Se/c1-24-21(27)15(22(28)25(2)23(24)29)13-14-11-12-20(31-14)26-16-7-3-5-9-18(16)30-19-10-6-4-8-17(19)26/h3-13H,1-2H3. The third-order valence-electron chi connectivity index (χ3n) is 5.20. The molecule has 5 rings (SSSR count). The van der Waals surface area contributed by atoms with Gasteiger partial charge >= 0.3 is 196 Å². The molecule has 0 unspecified atom stereocenters. The first kappa shape index (κ1) is 20.3. The molecule has 1 fully saturated rings. The van der Waals surface area contributed by atoms with Crippen LogP contribution in [0.2, 0.25) is 0 Å². The van der Waals surface area contributed by atoms with Gasteiger partial charge in [-0.05, 0) is 0 Å². The number of nitrogens with zero attached hydrogens (tertiary/aromatic N) is 3. The SMILES string of the molecule is CN1C(=O)C(=Cc2ccc(N3c4ccccc4Sc4ccccc43)[se]2)C(=O)N(C)C1=S. The van der Waals surface area contributed by atoms with Crippen LogP contribution < -0.4 is 4.90 Å². The Morgan fingerprint density at radius 2 is 1.39 bits per heavy atom. The third-order valence-corrected chi connectivity index (χ3v) is 9.01. The molecule has 0 atom stereocenters. The summed E-state index contributed by atoms with van der Waals surface area (Å²) in [4.78, 5) is 32.7. The van der Waals surface area contributed by atoms with Crippen molar-refractivity contribution in [3.63, 3.8) is 0 Å². The molecule has 2 aliphatic heterocycles. The Morgan fingerprint density at radius 1 is 0.839 bits per heavy atom. The zero-order valence-corrected chi connectivity index (χ0v) is 20.1. The zero-order chi connectivity index (χ0) is 21.7. The fourth-order valence-electron chi connectivity index (χ4n) is 3.60. The monoisotopic (exact) mass is 511 g/mol. The average Bonchev–Trinajstić information content (AvgIpc) is 3.25. The summed E-state index contributed by atoms with van der Waals surface area (Å²) in [6.45, 7) is 0. The van der Waals surface area contributed by atoms with E-state index in [0.29, 0.717) is 0 Å². The van der Waals surface area contributed by atoms with Crippen LogP contribution in [0, 0.1) is 0 Å². The van der Waals surface area contributed by atoms with E-state index >= 15 is 0 Å². The molecular weight excluding hydrogens is 493 g/mol. The van der Waals surface area contributed by atoms with Gasteiger partial charge in [-0.1, -0.05) is 0 Å². The van der Waals surface area contributed by atoms with Gasteiger partial charge in [0.05, 0.1) is 0 Å². The number of fused-ring (bicyclic) bond motifs is 2. The molecule has 31 heavy (non-hydrogen) atoms. The second-order valence-electron chi connectivity index (χ2n) is 7.12. The van der Waals surface area contributed by atoms with E-state index in [1.807, 2.05) is 18.2 Å². The van der Waals surface area contributed by atoms with E-state index in [0.717, 1.165) is 20.4 Å². The molecule has 0 radical (unpaired) electrons. The number of likely N-dealkylation sites (N-methyl/N-ethyl adjacent to an activating group) is 2. The van der Waals surface area contributed by atoms with Crippen molar-refractivity contribution < 1.29 is 9.59 Å². The summed E-state index contributed by atoms with van der Waals surface area (Å²) in [5.74, 6) is -0.716. The molecule has 0 saturated carbocycles. The van der Waals surface area contributed by atoms with Crippen molar-refractivity contribution in [3.05, 3.63) is 70.7 Å². The second kappa shape index (κ2) is 7.80. The zero-order valence-electron chi connectivity index (χ0n) is 16.7. The van der Waals surface area contributed by atoms with Crippen molar-refractivity contribution in [2.75, 3.05) is 19.0 Å². The van der Waals surface area contributed by atoms with Crippen molar-refractivity contribution in [2.24, 2.45) is 0 Å². The quantitative estimate of drug-likeness (QED) is 0.174. The van der Waals surface area contributed by atoms with Gasteiger partial charge in [0.1, 0.15) is 0 Å². The molecule has 2 aliphatic rings. The molecule has 8 heteroatoms. The molecule has 3 heterocycles. The number of anilines is 3. The van der Waals surface area contributed by atoms with Gasteiger partial charge in [0.2, 0.25) is 0 Å². The van der Waals surface area contributed by atoms with Crippen LogP contribution >= 0.6 is 24.0 Å². The van der Waals surface area contributed by atoms with Crippen LogP contribution in [0.25, 0.3) is 6.08 Å². The topological polar surface area (TPSA) is 43.9 Å². The van der Waals surface area contributed by atoms with Crippen molar-refractivity contribution in [3.8, 4) is 0 Å². The van der Waals surface area contributed by atoms with Crippen molar-refractivity contribution in [2.45, 2.75) is 9.79 Å². The van der Waals surface area contributed by atoms with E-state index in [2.05, 4.69) is 47.4 Å². The number of thiocarbonyl (C=S) groups is 1. The summed E-state index contributed by atoms with van der Waals surface area (Å²) < 4.78 is 2.13. The fraction of sp³-hybridized carbons (Fsp3) is 0.0870. The molecule has 1 saturated heterocycles. The Kier molecular flexibility index (Phi) is 5.10. The predicted molar refractivity (Wildman–Crippen MR) is 128 cm³/mol. The summed E-state index contributed by atoms with van der Waals surface area (Å²) in [6, 6.07) is 20.8. The Morgan fingerprint density at radius 3 is 1.97 bits per heavy atom. The van der Waals surface area contributed by atoms with E-state index in [-0.39, 0.29) is 37.0 Å². The van der Waals surface area contributed by atoms with Gasteiger partial charge in [0.25, 0.3) is 0 Å². The molecule has 2 amide bonds. The number of carbonyl (C=O) groups excluding carboxylic acids is 2. The Labute approximate surface area is 195 Å². The van der Waals surface area contributed by atoms with E-state index < -0.39 is 0 Å². The number of amides is 2. The van der Waals surface area contributed by atoms with Gasteiger partial charge in [-0.3, -0.25) is 0 Å².